The molecule has 1 aliphatic rings. The Bertz CT molecular complexity index is 493. The number of rotatable bonds is 2. The second-order valence-electron chi connectivity index (χ2n) is 3.64. The molecule has 0 saturated carbocycles. The van der Waals surface area contributed by atoms with Crippen LogP contribution in [-0.2, 0) is 16.1 Å². The van der Waals surface area contributed by atoms with Gasteiger partial charge in [-0.05, 0) is 6.07 Å². The van der Waals surface area contributed by atoms with E-state index in [-0.39, 0.29) is 18.4 Å². The van der Waals surface area contributed by atoms with Crippen molar-refractivity contribution in [2.24, 2.45) is 0 Å². The number of aliphatic hydroxyl groups excluding tert-OH is 1. The van der Waals surface area contributed by atoms with Gasteiger partial charge in [0, 0.05) is 28.7 Å². The highest BCUT2D eigenvalue weighted by atomic mass is 32.1. The molecule has 0 atom stereocenters. The van der Waals surface area contributed by atoms with Crippen molar-refractivity contribution in [1.82, 2.24) is 4.90 Å². The van der Waals surface area contributed by atoms with E-state index in [1.165, 1.54) is 16.2 Å². The van der Waals surface area contributed by atoms with Crippen LogP contribution >= 0.6 is 11.3 Å². The summed E-state index contributed by atoms with van der Waals surface area (Å²) in [5.41, 5.74) is 0.804. The van der Waals surface area contributed by atoms with Crippen LogP contribution in [0.5, 0.6) is 0 Å². The number of amides is 2. The predicted molar refractivity (Wildman–Crippen MR) is 63.1 cm³/mol. The van der Waals surface area contributed by atoms with Crippen LogP contribution in [-0.4, -0.2) is 28.4 Å². The fourth-order valence-electron chi connectivity index (χ4n) is 1.63. The summed E-state index contributed by atoms with van der Waals surface area (Å²) >= 11 is 1.46. The van der Waals surface area contributed by atoms with Crippen molar-refractivity contribution in [3.05, 3.63) is 21.9 Å². The maximum absolute atomic E-state index is 11.4. The van der Waals surface area contributed by atoms with Crippen molar-refractivity contribution in [2.45, 2.75) is 19.4 Å². The first-order valence-corrected chi connectivity index (χ1v) is 6.09. The van der Waals surface area contributed by atoms with E-state index >= 15 is 0 Å². The fourth-order valence-corrected chi connectivity index (χ4v) is 2.43. The second kappa shape index (κ2) is 5.13. The minimum absolute atomic E-state index is 0.105. The molecule has 17 heavy (non-hydrogen) atoms. The lowest BCUT2D eigenvalue weighted by Crippen LogP contribution is -2.27. The van der Waals surface area contributed by atoms with Gasteiger partial charge in [-0.15, -0.1) is 11.3 Å². The minimum atomic E-state index is -0.172. The molecule has 1 aromatic heterocycles. The van der Waals surface area contributed by atoms with Gasteiger partial charge in [-0.25, -0.2) is 0 Å². The summed E-state index contributed by atoms with van der Waals surface area (Å²) in [6.07, 6.45) is 0.642. The minimum Gasteiger partial charge on any atom is -0.384 e. The zero-order valence-electron chi connectivity index (χ0n) is 9.10. The molecule has 0 unspecified atom stereocenters. The third-order valence-electron chi connectivity index (χ3n) is 2.43. The number of aliphatic hydroxyl groups is 1. The lowest BCUT2D eigenvalue weighted by atomic mass is 10.3. The number of likely N-dealkylation sites (tertiary alicyclic amines) is 1. The Labute approximate surface area is 103 Å². The van der Waals surface area contributed by atoms with Gasteiger partial charge in [0.15, 0.2) is 0 Å². The number of hydrogen-bond acceptors (Lipinski definition) is 4. The maximum atomic E-state index is 11.4. The molecular weight excluding hydrogens is 238 g/mol. The van der Waals surface area contributed by atoms with Gasteiger partial charge >= 0.3 is 0 Å². The summed E-state index contributed by atoms with van der Waals surface area (Å²) in [5.74, 6) is 5.13. The molecule has 0 spiro atoms. The molecule has 1 fully saturated rings. The molecule has 2 amide bonds. The number of carbonyl (C=O) groups excluding carboxylic acids is 2. The zero-order chi connectivity index (χ0) is 12.3. The Morgan fingerprint density at radius 2 is 2.06 bits per heavy atom. The molecule has 0 bridgehead atoms. The van der Waals surface area contributed by atoms with Crippen molar-refractivity contribution < 1.29 is 14.7 Å². The summed E-state index contributed by atoms with van der Waals surface area (Å²) in [6.45, 7) is 0.164. The van der Waals surface area contributed by atoms with Gasteiger partial charge in [0.2, 0.25) is 11.8 Å². The average molecular weight is 249 g/mol. The lowest BCUT2D eigenvalue weighted by Gasteiger charge is -2.11. The van der Waals surface area contributed by atoms with Gasteiger partial charge in [-0.2, -0.15) is 0 Å². The van der Waals surface area contributed by atoms with E-state index < -0.39 is 0 Å². The summed E-state index contributed by atoms with van der Waals surface area (Å²) in [7, 11) is 0. The van der Waals surface area contributed by atoms with Crippen molar-refractivity contribution in [2.75, 3.05) is 6.61 Å². The van der Waals surface area contributed by atoms with E-state index in [0.29, 0.717) is 19.4 Å². The van der Waals surface area contributed by atoms with Gasteiger partial charge in [0.25, 0.3) is 0 Å². The molecular formula is C12H11NO3S. The fraction of sp³-hybridized carbons (Fsp3) is 0.333. The molecule has 2 heterocycles. The quantitative estimate of drug-likeness (QED) is 0.621. The number of nitrogens with zero attached hydrogens (tertiary/aromatic N) is 1. The molecule has 1 saturated heterocycles. The van der Waals surface area contributed by atoms with Crippen molar-refractivity contribution in [3.63, 3.8) is 0 Å². The molecule has 1 N–H and O–H groups in total. The summed E-state index contributed by atoms with van der Waals surface area (Å²) in [6, 6.07) is 1.84. The van der Waals surface area contributed by atoms with E-state index in [0.717, 1.165) is 10.4 Å². The molecule has 1 aliphatic heterocycles. The number of hydrogen-bond donors (Lipinski definition) is 1. The van der Waals surface area contributed by atoms with E-state index in [4.69, 9.17) is 5.11 Å². The molecule has 0 radical (unpaired) electrons. The lowest BCUT2D eigenvalue weighted by molar-refractivity contribution is -0.138. The Morgan fingerprint density at radius 3 is 2.71 bits per heavy atom. The second-order valence-corrected chi connectivity index (χ2v) is 4.63. The molecule has 0 aliphatic carbocycles. The maximum Gasteiger partial charge on any atom is 0.230 e. The summed E-state index contributed by atoms with van der Waals surface area (Å²) in [4.78, 5) is 25.0. The van der Waals surface area contributed by atoms with E-state index in [1.54, 1.807) is 0 Å². The normalized spacial score (nSPS) is 15.0. The summed E-state index contributed by atoms with van der Waals surface area (Å²) in [5, 5.41) is 10.4. The Morgan fingerprint density at radius 1 is 1.35 bits per heavy atom. The first-order chi connectivity index (χ1) is 8.20. The zero-order valence-corrected chi connectivity index (χ0v) is 9.92. The van der Waals surface area contributed by atoms with Crippen LogP contribution < -0.4 is 0 Å². The average Bonchev–Trinajstić information content (AvgIpc) is 2.88. The smallest absolute Gasteiger partial charge is 0.230 e. The van der Waals surface area contributed by atoms with Crippen LogP contribution in [0.1, 0.15) is 23.3 Å². The highest BCUT2D eigenvalue weighted by molar-refractivity contribution is 7.10. The van der Waals surface area contributed by atoms with Crippen LogP contribution in [0.15, 0.2) is 11.4 Å². The van der Waals surface area contributed by atoms with E-state index in [9.17, 15) is 9.59 Å². The molecule has 0 aromatic carbocycles. The van der Waals surface area contributed by atoms with Gasteiger partial charge in [0.1, 0.15) is 6.61 Å². The van der Waals surface area contributed by atoms with Gasteiger partial charge in [-0.1, -0.05) is 11.8 Å². The molecule has 1 aromatic rings. The highest BCUT2D eigenvalue weighted by Gasteiger charge is 2.28. The van der Waals surface area contributed by atoms with E-state index in [1.807, 2.05) is 11.4 Å². The molecule has 4 nitrogen and oxygen atoms in total. The van der Waals surface area contributed by atoms with Crippen LogP contribution in [0, 0.1) is 11.8 Å². The first kappa shape index (κ1) is 11.8. The molecule has 2 rings (SSSR count). The van der Waals surface area contributed by atoms with Crippen LogP contribution in [0.2, 0.25) is 0 Å². The summed E-state index contributed by atoms with van der Waals surface area (Å²) < 4.78 is 0. The van der Waals surface area contributed by atoms with Gasteiger partial charge in [-0.3, -0.25) is 14.5 Å². The largest absolute Gasteiger partial charge is 0.384 e. The molecule has 88 valence electrons. The highest BCUT2D eigenvalue weighted by Crippen LogP contribution is 2.20. The third kappa shape index (κ3) is 2.73. The van der Waals surface area contributed by atoms with Gasteiger partial charge < -0.3 is 5.11 Å². The van der Waals surface area contributed by atoms with Crippen molar-refractivity contribution in [1.29, 1.82) is 0 Å². The van der Waals surface area contributed by atoms with Crippen LogP contribution in [0.25, 0.3) is 0 Å². The Hall–Kier alpha value is -1.64. The Balaban J connectivity index is 2.06. The standard InChI is InChI=1S/C12H11NO3S/c14-5-1-2-9-6-10(17-8-9)7-13-11(15)3-4-12(13)16/h6,8,14H,3-5,7H2. The predicted octanol–water partition coefficient (Wildman–Crippen LogP) is 0.741. The number of thiophene rings is 1. The number of imide groups is 1. The molecule has 5 heteroatoms. The van der Waals surface area contributed by atoms with Crippen LogP contribution in [0.4, 0.5) is 0 Å². The van der Waals surface area contributed by atoms with Crippen molar-refractivity contribution in [3.8, 4) is 11.8 Å². The SMILES string of the molecule is O=C1CCC(=O)N1Cc1cc(C#CCO)cs1. The van der Waals surface area contributed by atoms with Crippen LogP contribution in [0.3, 0.4) is 0 Å². The Kier molecular flexibility index (Phi) is 3.57. The topological polar surface area (TPSA) is 57.6 Å². The van der Waals surface area contributed by atoms with Gasteiger partial charge in [0.05, 0.1) is 6.54 Å². The third-order valence-corrected chi connectivity index (χ3v) is 3.36. The van der Waals surface area contributed by atoms with E-state index in [2.05, 4.69) is 11.8 Å². The first-order valence-electron chi connectivity index (χ1n) is 5.21. The van der Waals surface area contributed by atoms with Crippen molar-refractivity contribution >= 4 is 23.2 Å². The number of carbonyl (C=O) groups is 2. The monoisotopic (exact) mass is 249 g/mol.